The molecule has 0 unspecified atom stereocenters. The molecule has 1 heterocycles. The number of carbonyl (C=O) groups excluding carboxylic acids is 3. The largest absolute Gasteiger partial charge is 0.452 e. The van der Waals surface area contributed by atoms with Crippen molar-refractivity contribution < 1.29 is 19.1 Å². The fourth-order valence-corrected chi connectivity index (χ4v) is 4.59. The van der Waals surface area contributed by atoms with Crippen LogP contribution in [0.4, 0.5) is 5.69 Å². The molecule has 1 aromatic heterocycles. The molecule has 0 aliphatic heterocycles. The number of benzene rings is 3. The van der Waals surface area contributed by atoms with E-state index in [0.717, 1.165) is 28.8 Å². The van der Waals surface area contributed by atoms with Gasteiger partial charge >= 0.3 is 5.97 Å². The molecule has 0 radical (unpaired) electrons. The predicted octanol–water partition coefficient (Wildman–Crippen LogP) is 6.37. The Morgan fingerprint density at radius 3 is 2.43 bits per heavy atom. The SMILES string of the molecule is CC(=O)c1ccc(NC(=O)COC(=O)c2c3c(nc4ccccc24)/C(=C\c2ccc(Cl)cc2)CC3)cc1. The molecule has 4 aromatic rings. The van der Waals surface area contributed by atoms with Crippen molar-refractivity contribution in [2.24, 2.45) is 0 Å². The van der Waals surface area contributed by atoms with E-state index in [0.29, 0.717) is 39.2 Å². The summed E-state index contributed by atoms with van der Waals surface area (Å²) in [5.41, 5.74) is 5.82. The molecule has 0 saturated carbocycles. The molecule has 0 bridgehead atoms. The average Bonchev–Trinajstić information content (AvgIpc) is 3.29. The first-order valence-corrected chi connectivity index (χ1v) is 12.2. The molecule has 7 heteroatoms. The first-order valence-electron chi connectivity index (χ1n) is 11.8. The Morgan fingerprint density at radius 1 is 0.973 bits per heavy atom. The maximum atomic E-state index is 13.3. The van der Waals surface area contributed by atoms with E-state index >= 15 is 0 Å². The molecule has 184 valence electrons. The van der Waals surface area contributed by atoms with Crippen LogP contribution in [0, 0.1) is 0 Å². The predicted molar refractivity (Wildman–Crippen MR) is 145 cm³/mol. The van der Waals surface area contributed by atoms with E-state index in [4.69, 9.17) is 21.3 Å². The molecule has 5 rings (SSSR count). The van der Waals surface area contributed by atoms with Gasteiger partial charge in [0.05, 0.1) is 16.8 Å². The summed E-state index contributed by atoms with van der Waals surface area (Å²) < 4.78 is 5.46. The van der Waals surface area contributed by atoms with Gasteiger partial charge in [0.1, 0.15) is 0 Å². The second-order valence-electron chi connectivity index (χ2n) is 8.81. The van der Waals surface area contributed by atoms with Gasteiger partial charge in [-0.3, -0.25) is 9.59 Å². The monoisotopic (exact) mass is 510 g/mol. The summed E-state index contributed by atoms with van der Waals surface area (Å²) in [7, 11) is 0. The van der Waals surface area contributed by atoms with Crippen LogP contribution >= 0.6 is 11.6 Å². The number of para-hydroxylation sites is 1. The maximum absolute atomic E-state index is 13.3. The van der Waals surface area contributed by atoms with Gasteiger partial charge in [-0.2, -0.15) is 0 Å². The summed E-state index contributed by atoms with van der Waals surface area (Å²) in [6, 6.07) is 21.5. The molecule has 1 N–H and O–H groups in total. The van der Waals surface area contributed by atoms with E-state index in [1.807, 2.05) is 48.5 Å². The Morgan fingerprint density at radius 2 is 1.70 bits per heavy atom. The number of fused-ring (bicyclic) bond motifs is 2. The van der Waals surface area contributed by atoms with Crippen molar-refractivity contribution in [3.05, 3.63) is 106 Å². The number of amides is 1. The number of pyridine rings is 1. The van der Waals surface area contributed by atoms with Crippen LogP contribution in [0.5, 0.6) is 0 Å². The van der Waals surface area contributed by atoms with Crippen LogP contribution in [0.2, 0.25) is 5.02 Å². The van der Waals surface area contributed by atoms with Gasteiger partial charge in [-0.25, -0.2) is 9.78 Å². The van der Waals surface area contributed by atoms with E-state index in [1.165, 1.54) is 6.92 Å². The zero-order valence-corrected chi connectivity index (χ0v) is 20.8. The summed E-state index contributed by atoms with van der Waals surface area (Å²) in [4.78, 5) is 42.0. The van der Waals surface area contributed by atoms with Crippen LogP contribution in [0.1, 0.15) is 50.9 Å². The quantitative estimate of drug-likeness (QED) is 0.240. The van der Waals surface area contributed by atoms with Crippen LogP contribution in [0.25, 0.3) is 22.6 Å². The fourth-order valence-electron chi connectivity index (χ4n) is 4.46. The molecule has 0 atom stereocenters. The number of nitrogens with one attached hydrogen (secondary N) is 1. The molecular weight excluding hydrogens is 488 g/mol. The number of allylic oxidation sites excluding steroid dienone is 1. The van der Waals surface area contributed by atoms with Crippen molar-refractivity contribution in [2.75, 3.05) is 11.9 Å². The third-order valence-corrected chi connectivity index (χ3v) is 6.52. The topological polar surface area (TPSA) is 85.4 Å². The van der Waals surface area contributed by atoms with E-state index in [1.54, 1.807) is 24.3 Å². The van der Waals surface area contributed by atoms with E-state index < -0.39 is 18.5 Å². The lowest BCUT2D eigenvalue weighted by Gasteiger charge is -2.12. The van der Waals surface area contributed by atoms with E-state index in [-0.39, 0.29) is 5.78 Å². The zero-order valence-electron chi connectivity index (χ0n) is 20.1. The van der Waals surface area contributed by atoms with Gasteiger partial charge in [0.15, 0.2) is 12.4 Å². The van der Waals surface area contributed by atoms with E-state index in [9.17, 15) is 14.4 Å². The lowest BCUT2D eigenvalue weighted by Crippen LogP contribution is -2.21. The van der Waals surface area contributed by atoms with Gasteiger partial charge in [0, 0.05) is 21.7 Å². The molecule has 0 fully saturated rings. The van der Waals surface area contributed by atoms with Crippen molar-refractivity contribution in [1.82, 2.24) is 4.98 Å². The Labute approximate surface area is 218 Å². The smallest absolute Gasteiger partial charge is 0.339 e. The minimum Gasteiger partial charge on any atom is -0.452 e. The third kappa shape index (κ3) is 5.29. The lowest BCUT2D eigenvalue weighted by molar-refractivity contribution is -0.119. The first kappa shape index (κ1) is 24.4. The molecule has 1 amide bonds. The maximum Gasteiger partial charge on any atom is 0.339 e. The Kier molecular flexibility index (Phi) is 6.84. The summed E-state index contributed by atoms with van der Waals surface area (Å²) in [5, 5.41) is 4.04. The van der Waals surface area contributed by atoms with Gasteiger partial charge < -0.3 is 10.1 Å². The number of carbonyl (C=O) groups is 3. The normalized spacial score (nSPS) is 13.4. The Hall–Kier alpha value is -4.29. The van der Waals surface area contributed by atoms with Gasteiger partial charge in [-0.05, 0) is 85.0 Å². The van der Waals surface area contributed by atoms with Crippen molar-refractivity contribution in [3.63, 3.8) is 0 Å². The average molecular weight is 511 g/mol. The molecule has 0 spiro atoms. The summed E-state index contributed by atoms with van der Waals surface area (Å²) in [5.74, 6) is -1.10. The summed E-state index contributed by atoms with van der Waals surface area (Å²) in [6.07, 6.45) is 3.44. The number of nitrogens with zero attached hydrogens (tertiary/aromatic N) is 1. The number of hydrogen-bond acceptors (Lipinski definition) is 5. The summed E-state index contributed by atoms with van der Waals surface area (Å²) >= 11 is 6.02. The molecule has 3 aromatic carbocycles. The number of ketones is 1. The number of aromatic nitrogens is 1. The van der Waals surface area contributed by atoms with Crippen molar-refractivity contribution in [3.8, 4) is 0 Å². The van der Waals surface area contributed by atoms with E-state index in [2.05, 4.69) is 11.4 Å². The van der Waals surface area contributed by atoms with Crippen LogP contribution in [-0.2, 0) is 16.0 Å². The molecule has 0 saturated heterocycles. The van der Waals surface area contributed by atoms with Gasteiger partial charge in [0.2, 0.25) is 0 Å². The Bertz CT molecular complexity index is 1560. The second kappa shape index (κ2) is 10.4. The molecule has 1 aliphatic carbocycles. The standard InChI is InChI=1S/C30H23ClN2O4/c1-18(34)20-8-13-23(14-9-20)32-27(35)17-37-30(36)28-24-4-2-3-5-26(24)33-29-21(10-15-25(28)29)16-19-6-11-22(31)12-7-19/h2-9,11-14,16H,10,15,17H2,1H3,(H,32,35)/b21-16-. The highest BCUT2D eigenvalue weighted by Gasteiger charge is 2.28. The van der Waals surface area contributed by atoms with Gasteiger partial charge in [0.25, 0.3) is 5.91 Å². The number of halogens is 1. The number of esters is 1. The third-order valence-electron chi connectivity index (χ3n) is 6.27. The fraction of sp³-hybridized carbons (Fsp3) is 0.133. The summed E-state index contributed by atoms with van der Waals surface area (Å²) in [6.45, 7) is 1.04. The van der Waals surface area contributed by atoms with Crippen LogP contribution in [0.15, 0.2) is 72.8 Å². The highest BCUT2D eigenvalue weighted by atomic mass is 35.5. The minimum atomic E-state index is -0.565. The number of Topliss-reactive ketones (excluding diaryl/α,β-unsaturated/α-hetero) is 1. The zero-order chi connectivity index (χ0) is 25.9. The van der Waals surface area contributed by atoms with Crippen LogP contribution in [0.3, 0.4) is 0 Å². The molecule has 6 nitrogen and oxygen atoms in total. The Balaban J connectivity index is 1.39. The molecule has 1 aliphatic rings. The van der Waals surface area contributed by atoms with Crippen molar-refractivity contribution >= 4 is 57.5 Å². The lowest BCUT2D eigenvalue weighted by atomic mass is 10.0. The first-order chi connectivity index (χ1) is 17.9. The van der Waals surface area contributed by atoms with Crippen molar-refractivity contribution in [1.29, 1.82) is 0 Å². The number of rotatable bonds is 6. The molecule has 37 heavy (non-hydrogen) atoms. The highest BCUT2D eigenvalue weighted by molar-refractivity contribution is 6.30. The molecular formula is C30H23ClN2O4. The second-order valence-corrected chi connectivity index (χ2v) is 9.25. The number of anilines is 1. The van der Waals surface area contributed by atoms with Crippen LogP contribution in [-0.4, -0.2) is 29.3 Å². The van der Waals surface area contributed by atoms with Gasteiger partial charge in [-0.1, -0.05) is 41.9 Å². The van der Waals surface area contributed by atoms with Crippen molar-refractivity contribution in [2.45, 2.75) is 19.8 Å². The number of hydrogen-bond donors (Lipinski definition) is 1. The highest BCUT2D eigenvalue weighted by Crippen LogP contribution is 2.37. The van der Waals surface area contributed by atoms with Gasteiger partial charge in [-0.15, -0.1) is 0 Å². The number of ether oxygens (including phenoxy) is 1. The minimum absolute atomic E-state index is 0.0601. The van der Waals surface area contributed by atoms with Crippen LogP contribution < -0.4 is 5.32 Å².